The number of hydrogen-bond acceptors (Lipinski definition) is 4. The van der Waals surface area contributed by atoms with Crippen molar-refractivity contribution < 1.29 is 4.74 Å². The highest BCUT2D eigenvalue weighted by atomic mass is 16.5. The summed E-state index contributed by atoms with van der Waals surface area (Å²) in [4.78, 5) is 0. The Morgan fingerprint density at radius 3 is 2.53 bits per heavy atom. The molecule has 1 aromatic rings. The molecule has 1 heterocycles. The van der Waals surface area contributed by atoms with Crippen molar-refractivity contribution in [3.05, 3.63) is 16.8 Å². The lowest BCUT2D eigenvalue weighted by molar-refractivity contribution is 0.146. The number of rotatable bonds is 2. The van der Waals surface area contributed by atoms with E-state index in [4.69, 9.17) is 10.00 Å². The van der Waals surface area contributed by atoms with Crippen LogP contribution in [0.15, 0.2) is 0 Å². The van der Waals surface area contributed by atoms with E-state index in [0.29, 0.717) is 11.4 Å². The monoisotopic (exact) mass is 231 g/mol. The van der Waals surface area contributed by atoms with E-state index in [-0.39, 0.29) is 6.10 Å². The van der Waals surface area contributed by atoms with Gasteiger partial charge in [-0.3, -0.25) is 0 Å². The normalized spacial score (nSPS) is 16.5. The Hall–Kier alpha value is -1.63. The molecule has 0 amide bonds. The number of hydrogen-bond donors (Lipinski definition) is 0. The molecule has 4 nitrogen and oxygen atoms in total. The second-order valence-corrected chi connectivity index (χ2v) is 4.58. The summed E-state index contributed by atoms with van der Waals surface area (Å²) in [6.45, 7) is 3.74. The quantitative estimate of drug-likeness (QED) is 0.785. The summed E-state index contributed by atoms with van der Waals surface area (Å²) in [6.07, 6.45) is 5.99. The van der Waals surface area contributed by atoms with Crippen molar-refractivity contribution in [2.75, 3.05) is 0 Å². The van der Waals surface area contributed by atoms with Gasteiger partial charge in [-0.2, -0.15) is 10.4 Å². The van der Waals surface area contributed by atoms with Gasteiger partial charge in [0.05, 0.1) is 5.69 Å². The summed E-state index contributed by atoms with van der Waals surface area (Å²) in [5, 5.41) is 17.2. The Labute approximate surface area is 102 Å². The molecular weight excluding hydrogens is 214 g/mol. The van der Waals surface area contributed by atoms with E-state index in [1.54, 1.807) is 0 Å². The third-order valence-corrected chi connectivity index (χ3v) is 3.36. The van der Waals surface area contributed by atoms with Gasteiger partial charge in [-0.05, 0) is 45.1 Å². The van der Waals surface area contributed by atoms with Crippen molar-refractivity contribution in [1.29, 1.82) is 5.26 Å². The Bertz CT molecular complexity index is 445. The maximum atomic E-state index is 9.16. The van der Waals surface area contributed by atoms with Crippen molar-refractivity contribution in [3.8, 4) is 11.9 Å². The van der Waals surface area contributed by atoms with Crippen LogP contribution >= 0.6 is 0 Å². The summed E-state index contributed by atoms with van der Waals surface area (Å²) in [5.41, 5.74) is 2.19. The minimum Gasteiger partial charge on any atom is -0.472 e. The van der Waals surface area contributed by atoms with Gasteiger partial charge >= 0.3 is 0 Å². The van der Waals surface area contributed by atoms with E-state index in [2.05, 4.69) is 16.3 Å². The van der Waals surface area contributed by atoms with Crippen LogP contribution in [-0.2, 0) is 0 Å². The van der Waals surface area contributed by atoms with Gasteiger partial charge in [0.25, 0.3) is 5.88 Å². The minimum atomic E-state index is 0.201. The fourth-order valence-electron chi connectivity index (χ4n) is 2.14. The highest BCUT2D eigenvalue weighted by Crippen LogP contribution is 2.25. The summed E-state index contributed by atoms with van der Waals surface area (Å²) < 4.78 is 5.82. The fourth-order valence-corrected chi connectivity index (χ4v) is 2.14. The van der Waals surface area contributed by atoms with E-state index in [0.717, 1.165) is 24.1 Å². The van der Waals surface area contributed by atoms with Crippen LogP contribution in [-0.4, -0.2) is 16.3 Å². The predicted octanol–water partition coefficient (Wildman–Crippen LogP) is 2.68. The van der Waals surface area contributed by atoms with Gasteiger partial charge < -0.3 is 4.74 Å². The summed E-state index contributed by atoms with van der Waals surface area (Å²) >= 11 is 0. The van der Waals surface area contributed by atoms with Gasteiger partial charge in [0.15, 0.2) is 0 Å². The Kier molecular flexibility index (Phi) is 3.58. The molecular formula is C13H17N3O. The maximum absolute atomic E-state index is 9.16. The molecule has 1 saturated carbocycles. The van der Waals surface area contributed by atoms with Crippen molar-refractivity contribution in [2.24, 2.45) is 0 Å². The van der Waals surface area contributed by atoms with E-state index in [1.165, 1.54) is 19.3 Å². The van der Waals surface area contributed by atoms with Gasteiger partial charge in [0, 0.05) is 0 Å². The smallest absolute Gasteiger partial charge is 0.252 e. The zero-order valence-corrected chi connectivity index (χ0v) is 10.4. The Balaban J connectivity index is 2.20. The van der Waals surface area contributed by atoms with Crippen LogP contribution in [0.5, 0.6) is 5.88 Å². The maximum Gasteiger partial charge on any atom is 0.252 e. The van der Waals surface area contributed by atoms with Gasteiger partial charge in [0.1, 0.15) is 17.7 Å². The zero-order chi connectivity index (χ0) is 12.3. The first-order valence-corrected chi connectivity index (χ1v) is 6.13. The summed E-state index contributed by atoms with van der Waals surface area (Å²) in [6, 6.07) is 2.17. The largest absolute Gasteiger partial charge is 0.472 e. The van der Waals surface area contributed by atoms with E-state index in [1.807, 2.05) is 13.8 Å². The molecule has 1 fully saturated rings. The molecule has 0 atom stereocenters. The van der Waals surface area contributed by atoms with Gasteiger partial charge in [0.2, 0.25) is 0 Å². The lowest BCUT2D eigenvalue weighted by Gasteiger charge is -2.22. The molecule has 90 valence electrons. The molecule has 0 saturated heterocycles. The molecule has 0 N–H and O–H groups in total. The third-order valence-electron chi connectivity index (χ3n) is 3.36. The zero-order valence-electron chi connectivity index (χ0n) is 10.4. The molecule has 17 heavy (non-hydrogen) atoms. The van der Waals surface area contributed by atoms with Crippen LogP contribution in [0.1, 0.15) is 48.9 Å². The molecule has 4 heteroatoms. The van der Waals surface area contributed by atoms with Crippen molar-refractivity contribution in [2.45, 2.75) is 52.1 Å². The molecule has 1 aliphatic carbocycles. The average molecular weight is 231 g/mol. The molecule has 0 aliphatic heterocycles. The van der Waals surface area contributed by atoms with Crippen LogP contribution in [0.3, 0.4) is 0 Å². The summed E-state index contributed by atoms with van der Waals surface area (Å²) in [7, 11) is 0. The topological polar surface area (TPSA) is 58.8 Å². The van der Waals surface area contributed by atoms with Crippen molar-refractivity contribution in [3.63, 3.8) is 0 Å². The van der Waals surface area contributed by atoms with Crippen LogP contribution in [0.25, 0.3) is 0 Å². The first-order valence-electron chi connectivity index (χ1n) is 6.13. The molecule has 0 aromatic carbocycles. The molecule has 0 spiro atoms. The molecule has 2 rings (SSSR count). The predicted molar refractivity (Wildman–Crippen MR) is 63.7 cm³/mol. The molecule has 1 aromatic heterocycles. The number of nitriles is 1. The first-order chi connectivity index (χ1) is 8.22. The molecule has 1 aliphatic rings. The second-order valence-electron chi connectivity index (χ2n) is 4.58. The molecule has 0 bridgehead atoms. The summed E-state index contributed by atoms with van der Waals surface area (Å²) in [5.74, 6) is 0.405. The average Bonchev–Trinajstić information content (AvgIpc) is 2.36. The van der Waals surface area contributed by atoms with Crippen LogP contribution in [0.4, 0.5) is 0 Å². The first kappa shape index (κ1) is 11.8. The lowest BCUT2D eigenvalue weighted by Crippen LogP contribution is -2.21. The number of aryl methyl sites for hydroxylation is 1. The fraction of sp³-hybridized carbons (Fsp3) is 0.615. The lowest BCUT2D eigenvalue weighted by atomic mass is 9.98. The third kappa shape index (κ3) is 2.55. The van der Waals surface area contributed by atoms with Gasteiger partial charge in [-0.15, -0.1) is 5.10 Å². The minimum absolute atomic E-state index is 0.201. The van der Waals surface area contributed by atoms with Crippen LogP contribution < -0.4 is 4.74 Å². The number of ether oxygens (including phenoxy) is 1. The second kappa shape index (κ2) is 5.13. The standard InChI is InChI=1S/C13H17N3O/c1-9-10(2)15-16-13(12(9)8-14)17-11-6-4-3-5-7-11/h11H,3-7H2,1-2H3. The highest BCUT2D eigenvalue weighted by molar-refractivity contribution is 5.44. The SMILES string of the molecule is Cc1nnc(OC2CCCCC2)c(C#N)c1C. The Morgan fingerprint density at radius 1 is 1.18 bits per heavy atom. The van der Waals surface area contributed by atoms with Gasteiger partial charge in [-0.1, -0.05) is 6.42 Å². The van der Waals surface area contributed by atoms with Crippen molar-refractivity contribution in [1.82, 2.24) is 10.2 Å². The van der Waals surface area contributed by atoms with Gasteiger partial charge in [-0.25, -0.2) is 0 Å². The van der Waals surface area contributed by atoms with Crippen molar-refractivity contribution >= 4 is 0 Å². The number of nitrogens with zero attached hydrogens (tertiary/aromatic N) is 3. The molecule has 0 radical (unpaired) electrons. The Morgan fingerprint density at radius 2 is 1.88 bits per heavy atom. The van der Waals surface area contributed by atoms with Crippen LogP contribution in [0.2, 0.25) is 0 Å². The molecule has 0 unspecified atom stereocenters. The highest BCUT2D eigenvalue weighted by Gasteiger charge is 2.19. The number of aromatic nitrogens is 2. The van der Waals surface area contributed by atoms with Crippen LogP contribution in [0, 0.1) is 25.2 Å². The van der Waals surface area contributed by atoms with E-state index in [9.17, 15) is 0 Å². The van der Waals surface area contributed by atoms with E-state index < -0.39 is 0 Å². The van der Waals surface area contributed by atoms with E-state index >= 15 is 0 Å².